The molecular formula is C20H20O14. The van der Waals surface area contributed by atoms with Gasteiger partial charge in [-0.05, 0) is 24.3 Å². The van der Waals surface area contributed by atoms with Crippen LogP contribution in [-0.4, -0.2) is 95.2 Å². The fourth-order valence-corrected chi connectivity index (χ4v) is 3.06. The molecule has 0 aromatic heterocycles. The van der Waals surface area contributed by atoms with Crippen molar-refractivity contribution in [2.75, 3.05) is 6.61 Å². The molecule has 0 radical (unpaired) electrons. The van der Waals surface area contributed by atoms with Gasteiger partial charge in [-0.2, -0.15) is 0 Å². The molecule has 1 fully saturated rings. The SMILES string of the molecule is O=C(OC[C@H]1O[C@@H](O)[C@H](OC(=O)c2cc(O)c(O)c(O)c2)[C@H](O)[C@@H]1O)c1cc(O)c(O)c(O)c1. The minimum absolute atomic E-state index is 0.369. The Morgan fingerprint density at radius 2 is 1.18 bits per heavy atom. The molecule has 0 amide bonds. The van der Waals surface area contributed by atoms with Crippen LogP contribution in [0.25, 0.3) is 0 Å². The molecule has 34 heavy (non-hydrogen) atoms. The summed E-state index contributed by atoms with van der Waals surface area (Å²) >= 11 is 0. The standard InChI is InChI=1S/C20H20O14/c21-8-1-6(2-9(22)13(8)25)18(29)32-5-12-15(27)16(28)17(20(31)33-12)34-19(30)7-3-10(23)14(26)11(24)4-7/h1-4,12,15-17,20-28,31H,5H2/t12-,15-,16-,17-,20-/m1/s1. The molecule has 1 aliphatic rings. The van der Waals surface area contributed by atoms with E-state index in [1.54, 1.807) is 0 Å². The first-order valence-corrected chi connectivity index (χ1v) is 9.48. The van der Waals surface area contributed by atoms with Gasteiger partial charge in [0.15, 0.2) is 46.9 Å². The molecular weight excluding hydrogens is 464 g/mol. The molecule has 0 bridgehead atoms. The Kier molecular flexibility index (Phi) is 6.88. The van der Waals surface area contributed by atoms with E-state index in [1.807, 2.05) is 0 Å². The number of benzene rings is 2. The second-order valence-electron chi connectivity index (χ2n) is 7.24. The lowest BCUT2D eigenvalue weighted by Gasteiger charge is -2.39. The summed E-state index contributed by atoms with van der Waals surface area (Å²) in [7, 11) is 0. The fraction of sp³-hybridized carbons (Fsp3) is 0.300. The van der Waals surface area contributed by atoms with Gasteiger partial charge in [0.1, 0.15) is 24.9 Å². The number of phenols is 6. The summed E-state index contributed by atoms with van der Waals surface area (Å²) in [5.74, 6) is -7.41. The van der Waals surface area contributed by atoms with Crippen LogP contribution in [0.1, 0.15) is 20.7 Å². The number of rotatable bonds is 5. The summed E-state index contributed by atoms with van der Waals surface area (Å²) in [5, 5.41) is 87.1. The second kappa shape index (κ2) is 9.48. The Morgan fingerprint density at radius 1 is 0.735 bits per heavy atom. The van der Waals surface area contributed by atoms with E-state index < -0.39 is 89.3 Å². The molecule has 14 heteroatoms. The Morgan fingerprint density at radius 3 is 1.65 bits per heavy atom. The zero-order chi connectivity index (χ0) is 25.3. The molecule has 9 N–H and O–H groups in total. The highest BCUT2D eigenvalue weighted by Gasteiger charge is 2.46. The van der Waals surface area contributed by atoms with Crippen molar-refractivity contribution in [3.8, 4) is 34.5 Å². The van der Waals surface area contributed by atoms with E-state index in [2.05, 4.69) is 0 Å². The van der Waals surface area contributed by atoms with Crippen LogP contribution in [0.3, 0.4) is 0 Å². The Hall–Kier alpha value is -3.98. The maximum absolute atomic E-state index is 12.2. The Labute approximate surface area is 189 Å². The molecule has 0 spiro atoms. The van der Waals surface area contributed by atoms with E-state index in [-0.39, 0.29) is 5.56 Å². The molecule has 0 saturated carbocycles. The normalized spacial score (nSPS) is 24.4. The molecule has 14 nitrogen and oxygen atoms in total. The highest BCUT2D eigenvalue weighted by molar-refractivity contribution is 5.91. The first kappa shape index (κ1) is 24.7. The number of aliphatic hydroxyl groups excluding tert-OH is 3. The maximum Gasteiger partial charge on any atom is 0.338 e. The molecule has 2 aromatic carbocycles. The summed E-state index contributed by atoms with van der Waals surface area (Å²) in [6, 6.07) is 3.09. The van der Waals surface area contributed by atoms with E-state index >= 15 is 0 Å². The third kappa shape index (κ3) is 4.84. The number of phenolic OH excluding ortho intramolecular Hbond substituents is 6. The van der Waals surface area contributed by atoms with Crippen LogP contribution in [0.2, 0.25) is 0 Å². The van der Waals surface area contributed by atoms with Gasteiger partial charge in [0.25, 0.3) is 0 Å². The summed E-state index contributed by atoms with van der Waals surface area (Å²) in [5.41, 5.74) is -0.829. The van der Waals surface area contributed by atoms with Gasteiger partial charge in [0.05, 0.1) is 11.1 Å². The number of carbonyl (C=O) groups is 2. The fourth-order valence-electron chi connectivity index (χ4n) is 3.06. The van der Waals surface area contributed by atoms with Crippen LogP contribution < -0.4 is 0 Å². The highest BCUT2D eigenvalue weighted by atomic mass is 16.7. The Bertz CT molecular complexity index is 1050. The van der Waals surface area contributed by atoms with Crippen molar-refractivity contribution in [1.82, 2.24) is 0 Å². The van der Waals surface area contributed by atoms with Gasteiger partial charge >= 0.3 is 11.9 Å². The molecule has 1 heterocycles. The van der Waals surface area contributed by atoms with Crippen molar-refractivity contribution >= 4 is 11.9 Å². The van der Waals surface area contributed by atoms with Gasteiger partial charge in [0, 0.05) is 0 Å². The van der Waals surface area contributed by atoms with Crippen LogP contribution in [-0.2, 0) is 14.2 Å². The smallest absolute Gasteiger partial charge is 0.338 e. The predicted octanol–water partition coefficient (Wildman–Crippen LogP) is -1.26. The monoisotopic (exact) mass is 484 g/mol. The highest BCUT2D eigenvalue weighted by Crippen LogP contribution is 2.37. The second-order valence-corrected chi connectivity index (χ2v) is 7.24. The van der Waals surface area contributed by atoms with Crippen molar-refractivity contribution in [3.05, 3.63) is 35.4 Å². The number of esters is 2. The van der Waals surface area contributed by atoms with Crippen molar-refractivity contribution in [1.29, 1.82) is 0 Å². The lowest BCUT2D eigenvalue weighted by Crippen LogP contribution is -2.60. The van der Waals surface area contributed by atoms with E-state index in [9.17, 15) is 55.5 Å². The van der Waals surface area contributed by atoms with E-state index in [0.29, 0.717) is 0 Å². The molecule has 184 valence electrons. The molecule has 5 atom stereocenters. The van der Waals surface area contributed by atoms with Crippen molar-refractivity contribution in [3.63, 3.8) is 0 Å². The van der Waals surface area contributed by atoms with Gasteiger partial charge < -0.3 is 60.2 Å². The van der Waals surface area contributed by atoms with Gasteiger partial charge in [-0.25, -0.2) is 9.59 Å². The van der Waals surface area contributed by atoms with Gasteiger partial charge in [0.2, 0.25) is 0 Å². The Balaban J connectivity index is 1.64. The van der Waals surface area contributed by atoms with Crippen LogP contribution in [0, 0.1) is 0 Å². The van der Waals surface area contributed by atoms with Crippen LogP contribution >= 0.6 is 0 Å². The van der Waals surface area contributed by atoms with Crippen molar-refractivity contribution < 1.29 is 69.8 Å². The minimum atomic E-state index is -2.01. The number of aliphatic hydroxyl groups is 3. The van der Waals surface area contributed by atoms with E-state index in [1.165, 1.54) is 0 Å². The van der Waals surface area contributed by atoms with Gasteiger partial charge in [-0.15, -0.1) is 0 Å². The minimum Gasteiger partial charge on any atom is -0.504 e. The first-order valence-electron chi connectivity index (χ1n) is 9.48. The topological polar surface area (TPSA) is 244 Å². The number of hydrogen-bond acceptors (Lipinski definition) is 14. The number of hydrogen-bond donors (Lipinski definition) is 9. The van der Waals surface area contributed by atoms with Crippen LogP contribution in [0.15, 0.2) is 24.3 Å². The van der Waals surface area contributed by atoms with Crippen molar-refractivity contribution in [2.45, 2.75) is 30.7 Å². The quantitative estimate of drug-likeness (QED) is 0.178. The number of carbonyl (C=O) groups excluding carboxylic acids is 2. The van der Waals surface area contributed by atoms with Crippen LogP contribution in [0.5, 0.6) is 34.5 Å². The average Bonchev–Trinajstić information content (AvgIpc) is 2.78. The zero-order valence-corrected chi connectivity index (χ0v) is 17.0. The molecule has 0 unspecified atom stereocenters. The molecule has 1 aliphatic heterocycles. The van der Waals surface area contributed by atoms with Crippen molar-refractivity contribution in [2.24, 2.45) is 0 Å². The zero-order valence-electron chi connectivity index (χ0n) is 17.0. The third-order valence-electron chi connectivity index (χ3n) is 4.90. The molecule has 2 aromatic rings. The summed E-state index contributed by atoms with van der Waals surface area (Å²) < 4.78 is 14.8. The summed E-state index contributed by atoms with van der Waals surface area (Å²) in [6.07, 6.45) is -9.11. The largest absolute Gasteiger partial charge is 0.504 e. The molecule has 1 saturated heterocycles. The first-order chi connectivity index (χ1) is 15.9. The number of aromatic hydroxyl groups is 6. The van der Waals surface area contributed by atoms with Gasteiger partial charge in [-0.3, -0.25) is 0 Å². The number of ether oxygens (including phenoxy) is 3. The lowest BCUT2D eigenvalue weighted by atomic mass is 9.99. The lowest BCUT2D eigenvalue weighted by molar-refractivity contribution is -0.285. The van der Waals surface area contributed by atoms with Crippen LogP contribution in [0.4, 0.5) is 0 Å². The molecule has 3 rings (SSSR count). The predicted molar refractivity (Wildman–Crippen MR) is 105 cm³/mol. The summed E-state index contributed by atoms with van der Waals surface area (Å²) in [4.78, 5) is 24.3. The van der Waals surface area contributed by atoms with E-state index in [4.69, 9.17) is 14.2 Å². The van der Waals surface area contributed by atoms with Gasteiger partial charge in [-0.1, -0.05) is 0 Å². The van der Waals surface area contributed by atoms with E-state index in [0.717, 1.165) is 24.3 Å². The summed E-state index contributed by atoms with van der Waals surface area (Å²) in [6.45, 7) is -0.725. The third-order valence-corrected chi connectivity index (χ3v) is 4.90. The average molecular weight is 484 g/mol. The maximum atomic E-state index is 12.2. The molecule has 0 aliphatic carbocycles.